The number of carbonyl (C=O) groups is 1. The number of ether oxygens (including phenoxy) is 1. The fraction of sp³-hybridized carbons (Fsp3) is 0.182. The third kappa shape index (κ3) is 4.47. The van der Waals surface area contributed by atoms with E-state index in [0.29, 0.717) is 23.8 Å². The SMILES string of the molecule is COCCn1cc(C(=O)Nc2nc(-c3ccccc3)c(-c3nccn3C)s2)ccc1=O. The maximum atomic E-state index is 12.9. The molecule has 3 heterocycles. The van der Waals surface area contributed by atoms with Crippen molar-refractivity contribution >= 4 is 22.4 Å². The normalized spacial score (nSPS) is 10.9. The van der Waals surface area contributed by atoms with Gasteiger partial charge in [0.2, 0.25) is 0 Å². The van der Waals surface area contributed by atoms with E-state index in [0.717, 1.165) is 22.0 Å². The highest BCUT2D eigenvalue weighted by atomic mass is 32.1. The summed E-state index contributed by atoms with van der Waals surface area (Å²) in [6.07, 6.45) is 5.12. The number of nitrogens with one attached hydrogen (secondary N) is 1. The van der Waals surface area contributed by atoms with E-state index >= 15 is 0 Å². The maximum Gasteiger partial charge on any atom is 0.258 e. The van der Waals surface area contributed by atoms with Crippen molar-refractivity contribution in [3.63, 3.8) is 0 Å². The van der Waals surface area contributed by atoms with Crippen LogP contribution >= 0.6 is 11.3 Å². The van der Waals surface area contributed by atoms with Gasteiger partial charge in [-0.2, -0.15) is 0 Å². The van der Waals surface area contributed by atoms with Crippen molar-refractivity contribution in [3.05, 3.63) is 77.0 Å². The Balaban J connectivity index is 1.66. The van der Waals surface area contributed by atoms with Gasteiger partial charge in [-0.15, -0.1) is 0 Å². The van der Waals surface area contributed by atoms with Crippen LogP contribution in [0.15, 0.2) is 65.8 Å². The molecule has 0 bridgehead atoms. The third-order valence-electron chi connectivity index (χ3n) is 4.70. The van der Waals surface area contributed by atoms with Gasteiger partial charge in [-0.3, -0.25) is 14.9 Å². The molecule has 9 heteroatoms. The number of anilines is 1. The summed E-state index contributed by atoms with van der Waals surface area (Å²) in [6.45, 7) is 0.750. The fourth-order valence-corrected chi connectivity index (χ4v) is 4.12. The molecule has 1 N–H and O–H groups in total. The molecule has 0 saturated heterocycles. The standard InChI is InChI=1S/C22H21N5O3S/c1-26-11-10-23-20(26)19-18(15-6-4-3-5-7-15)24-22(31-19)25-21(29)16-8-9-17(28)27(14-16)12-13-30-2/h3-11,14H,12-13H2,1-2H3,(H,24,25,29). The van der Waals surface area contributed by atoms with Gasteiger partial charge in [0.1, 0.15) is 0 Å². The second-order valence-electron chi connectivity index (χ2n) is 6.82. The Morgan fingerprint density at radius 3 is 2.71 bits per heavy atom. The summed E-state index contributed by atoms with van der Waals surface area (Å²) >= 11 is 1.36. The first kappa shape index (κ1) is 20.7. The first-order valence-electron chi connectivity index (χ1n) is 9.61. The van der Waals surface area contributed by atoms with E-state index < -0.39 is 0 Å². The number of thiazole rings is 1. The molecule has 0 unspecified atom stereocenters. The number of nitrogens with zero attached hydrogens (tertiary/aromatic N) is 4. The van der Waals surface area contributed by atoms with Crippen LogP contribution in [0.2, 0.25) is 0 Å². The van der Waals surface area contributed by atoms with Gasteiger partial charge in [-0.1, -0.05) is 41.7 Å². The van der Waals surface area contributed by atoms with Crippen LogP contribution in [0.3, 0.4) is 0 Å². The zero-order valence-electron chi connectivity index (χ0n) is 17.1. The van der Waals surface area contributed by atoms with Gasteiger partial charge in [0.05, 0.1) is 22.7 Å². The van der Waals surface area contributed by atoms with E-state index in [4.69, 9.17) is 4.74 Å². The van der Waals surface area contributed by atoms with Crippen LogP contribution in [0.4, 0.5) is 5.13 Å². The van der Waals surface area contributed by atoms with Crippen LogP contribution in [0.25, 0.3) is 22.0 Å². The van der Waals surface area contributed by atoms with Gasteiger partial charge in [0.15, 0.2) is 11.0 Å². The first-order chi connectivity index (χ1) is 15.1. The topological polar surface area (TPSA) is 91.0 Å². The van der Waals surface area contributed by atoms with Crippen molar-refractivity contribution in [3.8, 4) is 22.0 Å². The number of rotatable bonds is 7. The van der Waals surface area contributed by atoms with Crippen molar-refractivity contribution in [1.29, 1.82) is 0 Å². The quantitative estimate of drug-likeness (QED) is 0.481. The van der Waals surface area contributed by atoms with Crippen molar-refractivity contribution in [2.24, 2.45) is 7.05 Å². The van der Waals surface area contributed by atoms with Gasteiger partial charge in [-0.25, -0.2) is 9.97 Å². The second-order valence-corrected chi connectivity index (χ2v) is 7.82. The molecule has 31 heavy (non-hydrogen) atoms. The lowest BCUT2D eigenvalue weighted by atomic mass is 10.1. The summed E-state index contributed by atoms with van der Waals surface area (Å²) < 4.78 is 8.39. The highest BCUT2D eigenvalue weighted by molar-refractivity contribution is 7.19. The van der Waals surface area contributed by atoms with Crippen LogP contribution in [-0.2, 0) is 18.3 Å². The van der Waals surface area contributed by atoms with Crippen LogP contribution < -0.4 is 10.9 Å². The number of carbonyl (C=O) groups excluding carboxylic acids is 1. The minimum absolute atomic E-state index is 0.189. The number of benzene rings is 1. The average Bonchev–Trinajstić information content (AvgIpc) is 3.39. The lowest BCUT2D eigenvalue weighted by Crippen LogP contribution is -2.23. The highest BCUT2D eigenvalue weighted by Crippen LogP contribution is 2.38. The lowest BCUT2D eigenvalue weighted by Gasteiger charge is -2.07. The number of hydrogen-bond donors (Lipinski definition) is 1. The van der Waals surface area contributed by atoms with Crippen molar-refractivity contribution in [2.45, 2.75) is 6.54 Å². The molecule has 0 fully saturated rings. The molecule has 0 aliphatic heterocycles. The van der Waals surface area contributed by atoms with Crippen LogP contribution in [0, 0.1) is 0 Å². The molecule has 158 valence electrons. The molecule has 0 aliphatic rings. The second kappa shape index (κ2) is 9.07. The molecule has 8 nitrogen and oxygen atoms in total. The van der Waals surface area contributed by atoms with Crippen molar-refractivity contribution < 1.29 is 9.53 Å². The molecule has 0 aliphatic carbocycles. The molecule has 0 radical (unpaired) electrons. The van der Waals surface area contributed by atoms with Gasteiger partial charge >= 0.3 is 0 Å². The largest absolute Gasteiger partial charge is 0.383 e. The number of aromatic nitrogens is 4. The molecule has 0 spiro atoms. The lowest BCUT2D eigenvalue weighted by molar-refractivity contribution is 0.102. The molecular weight excluding hydrogens is 414 g/mol. The summed E-state index contributed by atoms with van der Waals surface area (Å²) in [5, 5.41) is 3.31. The van der Waals surface area contributed by atoms with Crippen molar-refractivity contribution in [2.75, 3.05) is 19.0 Å². The summed E-state index contributed by atoms with van der Waals surface area (Å²) in [5.41, 5.74) is 1.86. The molecule has 4 aromatic rings. The van der Waals surface area contributed by atoms with E-state index in [2.05, 4.69) is 15.3 Å². The Bertz CT molecular complexity index is 1260. The molecule has 1 aromatic carbocycles. The predicted octanol–water partition coefficient (Wildman–Crippen LogP) is 3.27. The van der Waals surface area contributed by atoms with Crippen LogP contribution in [-0.4, -0.2) is 38.7 Å². The average molecular weight is 436 g/mol. The van der Waals surface area contributed by atoms with Gasteiger partial charge in [0, 0.05) is 50.9 Å². The Labute approximate surface area is 182 Å². The summed E-state index contributed by atoms with van der Waals surface area (Å²) in [4.78, 5) is 34.8. The molecule has 4 rings (SSSR count). The number of hydrogen-bond acceptors (Lipinski definition) is 6. The monoisotopic (exact) mass is 435 g/mol. The smallest absolute Gasteiger partial charge is 0.258 e. The van der Waals surface area contributed by atoms with Gasteiger partial charge < -0.3 is 13.9 Å². The number of amides is 1. The number of aryl methyl sites for hydroxylation is 1. The van der Waals surface area contributed by atoms with E-state index in [9.17, 15) is 9.59 Å². The molecule has 0 saturated carbocycles. The van der Waals surface area contributed by atoms with E-state index in [1.54, 1.807) is 13.3 Å². The van der Waals surface area contributed by atoms with E-state index in [1.807, 2.05) is 48.1 Å². The number of imidazole rings is 1. The minimum Gasteiger partial charge on any atom is -0.383 e. The zero-order chi connectivity index (χ0) is 21.8. The highest BCUT2D eigenvalue weighted by Gasteiger charge is 2.19. The minimum atomic E-state index is -0.342. The first-order valence-corrected chi connectivity index (χ1v) is 10.4. The number of methoxy groups -OCH3 is 1. The maximum absolute atomic E-state index is 12.9. The third-order valence-corrected chi connectivity index (χ3v) is 5.67. The van der Waals surface area contributed by atoms with Gasteiger partial charge in [0.25, 0.3) is 11.5 Å². The van der Waals surface area contributed by atoms with E-state index in [1.165, 1.54) is 34.2 Å². The Hall–Kier alpha value is -3.56. The summed E-state index contributed by atoms with van der Waals surface area (Å²) in [6, 6.07) is 12.7. The molecular formula is C22H21N5O3S. The zero-order valence-corrected chi connectivity index (χ0v) is 17.9. The van der Waals surface area contributed by atoms with Crippen molar-refractivity contribution in [1.82, 2.24) is 19.1 Å². The molecule has 3 aromatic heterocycles. The Kier molecular flexibility index (Phi) is 6.06. The predicted molar refractivity (Wildman–Crippen MR) is 120 cm³/mol. The van der Waals surface area contributed by atoms with E-state index in [-0.39, 0.29) is 11.5 Å². The van der Waals surface area contributed by atoms with Gasteiger partial charge in [-0.05, 0) is 6.07 Å². The molecule has 0 atom stereocenters. The summed E-state index contributed by atoms with van der Waals surface area (Å²) in [5.74, 6) is 0.427. The Morgan fingerprint density at radius 1 is 1.19 bits per heavy atom. The Morgan fingerprint density at radius 2 is 2.00 bits per heavy atom. The number of pyridine rings is 1. The molecule has 1 amide bonds. The summed E-state index contributed by atoms with van der Waals surface area (Å²) in [7, 11) is 3.48. The van der Waals surface area contributed by atoms with Crippen LogP contribution in [0.5, 0.6) is 0 Å². The van der Waals surface area contributed by atoms with Crippen LogP contribution in [0.1, 0.15) is 10.4 Å². The fourth-order valence-electron chi connectivity index (χ4n) is 3.10.